The van der Waals surface area contributed by atoms with Gasteiger partial charge < -0.3 is 19.7 Å². The van der Waals surface area contributed by atoms with Crippen LogP contribution in [0.3, 0.4) is 0 Å². The van der Waals surface area contributed by atoms with Crippen LogP contribution in [0, 0.1) is 17.8 Å². The molecule has 2 amide bonds. The molecule has 324 valence electrons. The van der Waals surface area contributed by atoms with E-state index in [1.165, 1.54) is 0 Å². The largest absolute Gasteiger partial charge is 0.508 e. The van der Waals surface area contributed by atoms with Crippen molar-refractivity contribution in [2.75, 3.05) is 18.1 Å². The fourth-order valence-corrected chi connectivity index (χ4v) is 13.6. The maximum absolute atomic E-state index is 14.4. The molecule has 0 saturated carbocycles. The maximum Gasteiger partial charge on any atom is 0.416 e. The summed E-state index contributed by atoms with van der Waals surface area (Å²) < 4.78 is 91.1. The number of aliphatic hydroxyl groups excluding tert-OH is 2. The number of alkyl halides is 6. The van der Waals surface area contributed by atoms with E-state index in [2.05, 4.69) is 20.8 Å². The third-order valence-electron chi connectivity index (χ3n) is 11.9. The summed E-state index contributed by atoms with van der Waals surface area (Å²) in [5.41, 5.74) is -1.96. The van der Waals surface area contributed by atoms with E-state index in [0.717, 1.165) is 21.5 Å². The molecule has 0 unspecified atom stereocenters. The van der Waals surface area contributed by atoms with Crippen LogP contribution in [0.25, 0.3) is 6.08 Å². The summed E-state index contributed by atoms with van der Waals surface area (Å²) in [4.78, 5) is 29.0. The predicted octanol–water partition coefficient (Wildman–Crippen LogP) is 9.06. The number of imide groups is 1. The molecule has 61 heavy (non-hydrogen) atoms. The number of benzene rings is 4. The number of phenolic OH excluding ortho intramolecular Hbond substituents is 1. The lowest BCUT2D eigenvalue weighted by molar-refractivity contribution is -0.143. The van der Waals surface area contributed by atoms with Crippen LogP contribution in [-0.2, 0) is 26.4 Å². The SMILES string of the molecule is CC/C(=C\c1cccc(O)c1)CC[C@@H](O)C1=C(CO[Si](c2ccccc2)(c2ccccc2)C(C)(C)C)C[C@H]2C(=O)N(c3cc(C(F)(F)F)cc(C(F)(F)F)c3)C(=O)[C@H]2[C@H]1CO. The first-order chi connectivity index (χ1) is 28.7. The van der Waals surface area contributed by atoms with Gasteiger partial charge in [0, 0.05) is 5.92 Å². The van der Waals surface area contributed by atoms with Gasteiger partial charge in [-0.15, -0.1) is 0 Å². The lowest BCUT2D eigenvalue weighted by Crippen LogP contribution is -2.66. The second-order valence-corrected chi connectivity index (χ2v) is 21.0. The van der Waals surface area contributed by atoms with E-state index >= 15 is 0 Å². The van der Waals surface area contributed by atoms with Crippen molar-refractivity contribution in [3.63, 3.8) is 0 Å². The number of carbonyl (C=O) groups excluding carboxylic acids is 2. The van der Waals surface area contributed by atoms with Gasteiger partial charge in [0.25, 0.3) is 8.32 Å². The molecule has 1 aliphatic heterocycles. The van der Waals surface area contributed by atoms with E-state index in [4.69, 9.17) is 4.43 Å². The lowest BCUT2D eigenvalue weighted by Gasteiger charge is -2.44. The number of halogens is 6. The average molecular weight is 866 g/mol. The Labute approximate surface area is 352 Å². The summed E-state index contributed by atoms with van der Waals surface area (Å²) in [6.07, 6.45) is -9.09. The third-order valence-corrected chi connectivity index (χ3v) is 16.9. The zero-order valence-electron chi connectivity index (χ0n) is 34.2. The molecule has 4 atom stereocenters. The van der Waals surface area contributed by atoms with Gasteiger partial charge >= 0.3 is 12.4 Å². The third kappa shape index (κ3) is 9.28. The van der Waals surface area contributed by atoms with Gasteiger partial charge in [-0.1, -0.05) is 112 Å². The van der Waals surface area contributed by atoms with Gasteiger partial charge in [0.2, 0.25) is 11.8 Å². The zero-order valence-corrected chi connectivity index (χ0v) is 35.2. The predicted molar refractivity (Wildman–Crippen MR) is 223 cm³/mol. The summed E-state index contributed by atoms with van der Waals surface area (Å²) in [5.74, 6) is -5.95. The molecule has 3 N–H and O–H groups in total. The van der Waals surface area contributed by atoms with Crippen LogP contribution in [0.1, 0.15) is 70.1 Å². The maximum atomic E-state index is 14.4. The molecular formula is C47H49F6NO6Si. The first kappa shape index (κ1) is 45.5. The molecule has 1 fully saturated rings. The summed E-state index contributed by atoms with van der Waals surface area (Å²) in [7, 11) is -3.28. The Hall–Kier alpha value is -5.02. The Bertz CT molecular complexity index is 2210. The molecule has 7 nitrogen and oxygen atoms in total. The summed E-state index contributed by atoms with van der Waals surface area (Å²) >= 11 is 0. The van der Waals surface area contributed by atoms with Gasteiger partial charge in [-0.2, -0.15) is 26.3 Å². The highest BCUT2D eigenvalue weighted by molar-refractivity contribution is 6.99. The lowest BCUT2D eigenvalue weighted by atomic mass is 9.68. The number of aliphatic hydroxyl groups is 2. The molecule has 1 heterocycles. The smallest absolute Gasteiger partial charge is 0.416 e. The van der Waals surface area contributed by atoms with Crippen molar-refractivity contribution in [3.05, 3.63) is 137 Å². The molecule has 1 saturated heterocycles. The number of carbonyl (C=O) groups is 2. The van der Waals surface area contributed by atoms with Crippen molar-refractivity contribution >= 4 is 42.3 Å². The number of fused-ring (bicyclic) bond motifs is 1. The highest BCUT2D eigenvalue weighted by Gasteiger charge is 2.57. The van der Waals surface area contributed by atoms with E-state index in [1.807, 2.05) is 79.7 Å². The highest BCUT2D eigenvalue weighted by Crippen LogP contribution is 2.49. The van der Waals surface area contributed by atoms with Crippen LogP contribution < -0.4 is 15.3 Å². The van der Waals surface area contributed by atoms with Crippen LogP contribution in [-0.4, -0.2) is 54.8 Å². The molecule has 0 bridgehead atoms. The summed E-state index contributed by atoms with van der Waals surface area (Å²) in [6.45, 7) is 7.18. The van der Waals surface area contributed by atoms with Crippen LogP contribution in [0.5, 0.6) is 5.75 Å². The molecule has 0 spiro atoms. The van der Waals surface area contributed by atoms with Gasteiger partial charge in [0.15, 0.2) is 0 Å². The summed E-state index contributed by atoms with van der Waals surface area (Å²) in [6, 6.07) is 26.6. The molecule has 0 aromatic heterocycles. The number of allylic oxidation sites excluding steroid dienone is 1. The highest BCUT2D eigenvalue weighted by atomic mass is 28.4. The Morgan fingerprint density at radius 2 is 1.41 bits per heavy atom. The van der Waals surface area contributed by atoms with E-state index < -0.39 is 84.8 Å². The number of nitrogens with zero attached hydrogens (tertiary/aromatic N) is 1. The fourth-order valence-electron chi connectivity index (χ4n) is 9.05. The van der Waals surface area contributed by atoms with Gasteiger partial charge in [0.05, 0.1) is 48.0 Å². The quantitative estimate of drug-likeness (QED) is 0.0536. The Morgan fingerprint density at radius 3 is 1.90 bits per heavy atom. The van der Waals surface area contributed by atoms with Crippen molar-refractivity contribution in [2.24, 2.45) is 17.8 Å². The normalized spacial score (nSPS) is 19.7. The summed E-state index contributed by atoms with van der Waals surface area (Å²) in [5, 5.41) is 34.7. The molecule has 14 heteroatoms. The average Bonchev–Trinajstić information content (AvgIpc) is 3.46. The zero-order chi connectivity index (χ0) is 44.5. The van der Waals surface area contributed by atoms with Crippen molar-refractivity contribution in [1.82, 2.24) is 0 Å². The number of phenols is 1. The molecule has 2 aliphatic rings. The number of aromatic hydroxyl groups is 1. The standard InChI is InChI=1S/C47H49F6NO6Si/c1-5-29(21-30-13-12-14-35(56)22-30)19-20-40(57)41-31(28-60-61(45(2,3)4,36-15-8-6-9-16-36)37-17-10-7-11-18-37)23-38-42(39(41)27-55)44(59)54(43(38)58)34-25-32(46(48,49)50)24-33(26-34)47(51,52)53/h6-18,21-22,24-26,38-40,42,55-57H,5,19-20,23,27-28H2,1-4H3/b29-21+/t38-,39+,40-,42-/m1/s1. The van der Waals surface area contributed by atoms with Gasteiger partial charge in [0.1, 0.15) is 5.75 Å². The first-order valence-electron chi connectivity index (χ1n) is 20.1. The minimum absolute atomic E-state index is 0.0755. The van der Waals surface area contributed by atoms with Gasteiger partial charge in [-0.05, 0) is 88.1 Å². The van der Waals surface area contributed by atoms with Crippen molar-refractivity contribution in [2.45, 2.75) is 76.9 Å². The molecule has 1 aliphatic carbocycles. The Morgan fingerprint density at radius 1 is 0.836 bits per heavy atom. The van der Waals surface area contributed by atoms with Crippen molar-refractivity contribution in [3.8, 4) is 5.75 Å². The van der Waals surface area contributed by atoms with Crippen LogP contribution in [0.2, 0.25) is 5.04 Å². The monoisotopic (exact) mass is 865 g/mol. The van der Waals surface area contributed by atoms with Crippen molar-refractivity contribution < 1.29 is 55.7 Å². The van der Waals surface area contributed by atoms with E-state index in [1.54, 1.807) is 18.2 Å². The second-order valence-electron chi connectivity index (χ2n) is 16.7. The van der Waals surface area contributed by atoms with Crippen LogP contribution >= 0.6 is 0 Å². The number of hydrogen-bond donors (Lipinski definition) is 3. The number of hydrogen-bond acceptors (Lipinski definition) is 6. The Balaban J connectivity index is 1.46. The molecule has 4 aromatic carbocycles. The van der Waals surface area contributed by atoms with Crippen LogP contribution in [0.4, 0.5) is 32.0 Å². The van der Waals surface area contributed by atoms with Crippen LogP contribution in [0.15, 0.2) is 120 Å². The van der Waals surface area contributed by atoms with E-state index in [9.17, 15) is 51.3 Å². The first-order valence-corrected chi connectivity index (χ1v) is 22.0. The van der Waals surface area contributed by atoms with Crippen molar-refractivity contribution in [1.29, 1.82) is 0 Å². The minimum Gasteiger partial charge on any atom is -0.508 e. The molecule has 6 rings (SSSR count). The van der Waals surface area contributed by atoms with E-state index in [0.29, 0.717) is 35.4 Å². The Kier molecular flexibility index (Phi) is 13.2. The molecular weight excluding hydrogens is 817 g/mol. The number of amides is 2. The molecule has 4 aromatic rings. The number of anilines is 1. The van der Waals surface area contributed by atoms with E-state index in [-0.39, 0.29) is 36.8 Å². The minimum atomic E-state index is -5.24. The van der Waals surface area contributed by atoms with Gasteiger partial charge in [-0.25, -0.2) is 4.90 Å². The second kappa shape index (κ2) is 17.8. The topological polar surface area (TPSA) is 107 Å². The fraction of sp³-hybridized carbons (Fsp3) is 0.362. The number of rotatable bonds is 13. The molecule has 0 radical (unpaired) electrons. The van der Waals surface area contributed by atoms with Gasteiger partial charge in [-0.3, -0.25) is 9.59 Å².